The van der Waals surface area contributed by atoms with Crippen LogP contribution in [0, 0.1) is 5.92 Å². The Morgan fingerprint density at radius 1 is 1.00 bits per heavy atom. The van der Waals surface area contributed by atoms with E-state index in [1.54, 1.807) is 6.20 Å². The quantitative estimate of drug-likeness (QED) is 0.270. The van der Waals surface area contributed by atoms with Gasteiger partial charge in [-0.25, -0.2) is 0 Å². The van der Waals surface area contributed by atoms with Crippen molar-refractivity contribution in [3.63, 3.8) is 0 Å². The largest absolute Gasteiger partial charge is 0.490 e. The van der Waals surface area contributed by atoms with E-state index in [0.717, 1.165) is 78.5 Å². The molecule has 8 nitrogen and oxygen atoms in total. The lowest BCUT2D eigenvalue weighted by Gasteiger charge is -2.36. The van der Waals surface area contributed by atoms with Gasteiger partial charge in [0.25, 0.3) is 5.91 Å². The third-order valence-corrected chi connectivity index (χ3v) is 9.29. The van der Waals surface area contributed by atoms with Crippen molar-refractivity contribution in [1.82, 2.24) is 25.4 Å². The number of carbonyl (C=O) groups is 2. The second-order valence-electron chi connectivity index (χ2n) is 11.8. The SMILES string of the molecule is O=CN1[C@@H]2CC[C@H]1C[C@H](Oc1ccc(-c3n[nH]c4ccc(C(=O)N[C@H](c5ccccn5)C5CCCC5)cc34)cc1)C2. The van der Waals surface area contributed by atoms with Crippen LogP contribution >= 0.6 is 0 Å². The number of nitrogens with one attached hydrogen (secondary N) is 2. The monoisotopic (exact) mass is 549 g/mol. The second-order valence-corrected chi connectivity index (χ2v) is 11.8. The molecule has 2 N–H and O–H groups in total. The van der Waals surface area contributed by atoms with Crippen LogP contribution in [-0.4, -0.2) is 50.6 Å². The Morgan fingerprint density at radius 2 is 1.78 bits per heavy atom. The molecular weight excluding hydrogens is 514 g/mol. The maximum atomic E-state index is 13.5. The van der Waals surface area contributed by atoms with Crippen molar-refractivity contribution in [2.75, 3.05) is 0 Å². The molecule has 8 heteroatoms. The summed E-state index contributed by atoms with van der Waals surface area (Å²) in [6.45, 7) is 0. The number of fused-ring (bicyclic) bond motifs is 3. The number of rotatable bonds is 8. The number of carbonyl (C=O) groups excluding carboxylic acids is 2. The molecule has 3 fully saturated rings. The number of nitrogens with zero attached hydrogens (tertiary/aromatic N) is 3. The fourth-order valence-electron chi connectivity index (χ4n) is 7.20. The van der Waals surface area contributed by atoms with Gasteiger partial charge in [-0.3, -0.25) is 19.7 Å². The Bertz CT molecular complexity index is 1520. The number of amides is 2. The molecule has 3 aliphatic rings. The van der Waals surface area contributed by atoms with Crippen molar-refractivity contribution < 1.29 is 14.3 Å². The van der Waals surface area contributed by atoms with Crippen molar-refractivity contribution in [3.05, 3.63) is 78.1 Å². The number of pyridine rings is 1. The predicted octanol–water partition coefficient (Wildman–Crippen LogP) is 5.82. The molecule has 0 radical (unpaired) electrons. The van der Waals surface area contributed by atoms with Crippen molar-refractivity contribution in [3.8, 4) is 17.0 Å². The number of aromatic nitrogens is 3. The molecule has 4 atom stereocenters. The minimum atomic E-state index is -0.0980. The molecule has 210 valence electrons. The number of aromatic amines is 1. The van der Waals surface area contributed by atoms with E-state index in [4.69, 9.17) is 4.74 Å². The summed E-state index contributed by atoms with van der Waals surface area (Å²) in [6, 6.07) is 20.1. The molecule has 1 saturated carbocycles. The number of hydrogen-bond acceptors (Lipinski definition) is 5. The van der Waals surface area contributed by atoms with E-state index < -0.39 is 0 Å². The number of piperidine rings is 1. The van der Waals surface area contributed by atoms with E-state index >= 15 is 0 Å². The van der Waals surface area contributed by atoms with Crippen LogP contribution in [-0.2, 0) is 4.79 Å². The van der Waals surface area contributed by atoms with Crippen LogP contribution in [0.2, 0.25) is 0 Å². The van der Waals surface area contributed by atoms with Gasteiger partial charge in [-0.2, -0.15) is 5.10 Å². The van der Waals surface area contributed by atoms with Gasteiger partial charge in [0, 0.05) is 47.6 Å². The van der Waals surface area contributed by atoms with Gasteiger partial charge in [0.15, 0.2) is 0 Å². The van der Waals surface area contributed by atoms with Crippen LogP contribution < -0.4 is 10.1 Å². The molecular formula is C33H35N5O3. The summed E-state index contributed by atoms with van der Waals surface area (Å²) in [4.78, 5) is 31.5. The first-order chi connectivity index (χ1) is 20.2. The fourth-order valence-corrected chi connectivity index (χ4v) is 7.20. The Morgan fingerprint density at radius 3 is 2.49 bits per heavy atom. The summed E-state index contributed by atoms with van der Waals surface area (Å²) < 4.78 is 6.33. The molecule has 2 aliphatic heterocycles. The van der Waals surface area contributed by atoms with Gasteiger partial charge in [0.1, 0.15) is 11.9 Å². The smallest absolute Gasteiger partial charge is 0.251 e. The highest BCUT2D eigenvalue weighted by atomic mass is 16.5. The van der Waals surface area contributed by atoms with Gasteiger partial charge in [-0.15, -0.1) is 0 Å². The summed E-state index contributed by atoms with van der Waals surface area (Å²) in [5.74, 6) is 1.13. The molecule has 2 saturated heterocycles. The Kier molecular flexibility index (Phi) is 6.90. The Balaban J connectivity index is 1.08. The first-order valence-corrected chi connectivity index (χ1v) is 14.9. The number of benzene rings is 2. The number of hydrogen-bond donors (Lipinski definition) is 2. The van der Waals surface area contributed by atoms with Crippen LogP contribution in [0.1, 0.15) is 73.5 Å². The van der Waals surface area contributed by atoms with Gasteiger partial charge in [0.2, 0.25) is 6.41 Å². The Hall–Kier alpha value is -4.20. The van der Waals surface area contributed by atoms with Crippen LogP contribution in [0.15, 0.2) is 66.9 Å². The molecule has 2 aromatic carbocycles. The van der Waals surface area contributed by atoms with Crippen molar-refractivity contribution in [1.29, 1.82) is 0 Å². The first kappa shape index (κ1) is 25.7. The molecule has 0 unspecified atom stereocenters. The van der Waals surface area contributed by atoms with E-state index in [9.17, 15) is 9.59 Å². The highest BCUT2D eigenvalue weighted by Gasteiger charge is 2.40. The van der Waals surface area contributed by atoms with Crippen molar-refractivity contribution in [2.45, 2.75) is 75.6 Å². The first-order valence-electron chi connectivity index (χ1n) is 14.9. The zero-order valence-corrected chi connectivity index (χ0v) is 23.0. The zero-order chi connectivity index (χ0) is 27.8. The molecule has 7 rings (SSSR count). The predicted molar refractivity (Wildman–Crippen MR) is 156 cm³/mol. The van der Waals surface area contributed by atoms with Crippen LogP contribution in [0.25, 0.3) is 22.2 Å². The number of H-pyrrole nitrogens is 1. The average Bonchev–Trinajstić information content (AvgIpc) is 3.75. The third-order valence-electron chi connectivity index (χ3n) is 9.29. The summed E-state index contributed by atoms with van der Waals surface area (Å²) in [5, 5.41) is 11.9. The molecule has 41 heavy (non-hydrogen) atoms. The molecule has 2 amide bonds. The topological polar surface area (TPSA) is 100 Å². The van der Waals surface area contributed by atoms with Gasteiger partial charge >= 0.3 is 0 Å². The van der Waals surface area contributed by atoms with E-state index in [1.165, 1.54) is 12.8 Å². The molecule has 4 aromatic rings. The molecule has 0 spiro atoms. The highest BCUT2D eigenvalue weighted by molar-refractivity contribution is 6.01. The zero-order valence-electron chi connectivity index (χ0n) is 23.0. The van der Waals surface area contributed by atoms with Crippen molar-refractivity contribution in [2.24, 2.45) is 5.92 Å². The maximum Gasteiger partial charge on any atom is 0.251 e. The normalized spacial score (nSPS) is 23.0. The van der Waals surface area contributed by atoms with Gasteiger partial charge in [0.05, 0.1) is 22.9 Å². The summed E-state index contributed by atoms with van der Waals surface area (Å²) in [6.07, 6.45) is 11.4. The van der Waals surface area contributed by atoms with E-state index in [-0.39, 0.29) is 18.1 Å². The van der Waals surface area contributed by atoms with Gasteiger partial charge in [-0.1, -0.05) is 18.9 Å². The van der Waals surface area contributed by atoms with Gasteiger partial charge < -0.3 is 15.0 Å². The van der Waals surface area contributed by atoms with E-state index in [0.29, 0.717) is 23.6 Å². The van der Waals surface area contributed by atoms with Crippen LogP contribution in [0.5, 0.6) is 5.75 Å². The van der Waals surface area contributed by atoms with E-state index in [1.807, 2.05) is 65.6 Å². The average molecular weight is 550 g/mol. The maximum absolute atomic E-state index is 13.5. The molecule has 1 aliphatic carbocycles. The lowest BCUT2D eigenvalue weighted by atomic mass is 9.94. The van der Waals surface area contributed by atoms with Crippen molar-refractivity contribution >= 4 is 23.2 Å². The lowest BCUT2D eigenvalue weighted by molar-refractivity contribution is -0.123. The minimum absolute atomic E-state index is 0.0973. The lowest BCUT2D eigenvalue weighted by Crippen LogP contribution is -2.45. The highest BCUT2D eigenvalue weighted by Crippen LogP contribution is 2.37. The van der Waals surface area contributed by atoms with Crippen LogP contribution in [0.3, 0.4) is 0 Å². The molecule has 2 aromatic heterocycles. The van der Waals surface area contributed by atoms with Crippen LogP contribution in [0.4, 0.5) is 0 Å². The Labute approximate surface area is 239 Å². The fraction of sp³-hybridized carbons (Fsp3) is 0.394. The minimum Gasteiger partial charge on any atom is -0.490 e. The number of ether oxygens (including phenoxy) is 1. The summed E-state index contributed by atoms with van der Waals surface area (Å²) in [7, 11) is 0. The van der Waals surface area contributed by atoms with E-state index in [2.05, 4.69) is 20.5 Å². The summed E-state index contributed by atoms with van der Waals surface area (Å²) in [5.41, 5.74) is 4.16. The summed E-state index contributed by atoms with van der Waals surface area (Å²) >= 11 is 0. The molecule has 4 heterocycles. The second kappa shape index (κ2) is 11.0. The standard InChI is InChI=1S/C33H35N5O3/c39-20-38-24-11-12-25(38)19-27(18-24)41-26-13-8-22(9-14-26)31-28-17-23(10-15-29(28)36-37-31)33(40)35-32(21-5-1-2-6-21)30-7-3-4-16-34-30/h3-4,7-10,13-17,20-21,24-25,27,32H,1-2,5-6,11-12,18-19H2,(H,35,40)(H,36,37)/t24-,25+,27-,32-/m0/s1. The van der Waals surface area contributed by atoms with Gasteiger partial charge in [-0.05, 0) is 86.2 Å². The third kappa shape index (κ3) is 5.07. The molecule has 2 bridgehead atoms.